The summed E-state index contributed by atoms with van der Waals surface area (Å²) in [5.74, 6) is -2.41. The van der Waals surface area contributed by atoms with E-state index in [1.165, 1.54) is 44.2 Å². The van der Waals surface area contributed by atoms with E-state index in [0.717, 1.165) is 12.8 Å². The predicted molar refractivity (Wildman–Crippen MR) is 166 cm³/mol. The maximum absolute atomic E-state index is 16.0. The minimum Gasteiger partial charge on any atom is -0.488 e. The van der Waals surface area contributed by atoms with Gasteiger partial charge in [0.05, 0.1) is 34.5 Å². The molecule has 45 heavy (non-hydrogen) atoms. The lowest BCUT2D eigenvalue weighted by Crippen LogP contribution is -2.44. The lowest BCUT2D eigenvalue weighted by molar-refractivity contribution is -0.122. The minimum atomic E-state index is -1.72. The molecule has 8 nitrogen and oxygen atoms in total. The van der Waals surface area contributed by atoms with Crippen LogP contribution in [0.4, 0.5) is 8.78 Å². The molecule has 0 saturated heterocycles. The molecule has 1 atom stereocenters. The maximum atomic E-state index is 16.0. The van der Waals surface area contributed by atoms with E-state index >= 15 is 4.39 Å². The number of amides is 2. The van der Waals surface area contributed by atoms with Crippen LogP contribution >= 0.6 is 11.6 Å². The lowest BCUT2D eigenvalue weighted by atomic mass is 9.80. The first-order valence-electron chi connectivity index (χ1n) is 14.8. The summed E-state index contributed by atoms with van der Waals surface area (Å²) in [4.78, 5) is 35.1. The molecule has 2 saturated carbocycles. The highest BCUT2D eigenvalue weighted by molar-refractivity contribution is 6.31. The lowest BCUT2D eigenvalue weighted by Gasteiger charge is -2.31. The van der Waals surface area contributed by atoms with Crippen LogP contribution in [0.15, 0.2) is 48.5 Å². The molecule has 0 aliphatic heterocycles. The van der Waals surface area contributed by atoms with Crippen LogP contribution in [0.25, 0.3) is 22.2 Å². The summed E-state index contributed by atoms with van der Waals surface area (Å²) < 4.78 is 35.8. The van der Waals surface area contributed by atoms with Crippen molar-refractivity contribution < 1.29 is 28.2 Å². The molecule has 4 N–H and O–H groups in total. The second-order valence-electron chi connectivity index (χ2n) is 12.5. The van der Waals surface area contributed by atoms with Gasteiger partial charge < -0.3 is 20.9 Å². The van der Waals surface area contributed by atoms with Gasteiger partial charge in [0.1, 0.15) is 28.4 Å². The summed E-state index contributed by atoms with van der Waals surface area (Å²) in [7, 11) is 0. The number of ether oxygens (including phenoxy) is 1. The molecule has 6 rings (SSSR count). The Morgan fingerprint density at radius 1 is 1.07 bits per heavy atom. The SMILES string of the molecule is Cc1nc2c(OC3CC3)cc(C(=O)NC[C@](O)(c3cc(C(C)(C)C(N)=O)c(F)c(-c4ccc(F)cc4)n3)C3CC3)cc2cc1Cl. The van der Waals surface area contributed by atoms with Gasteiger partial charge in [-0.3, -0.25) is 9.59 Å². The summed E-state index contributed by atoms with van der Waals surface area (Å²) in [5, 5.41) is 16.1. The Bertz CT molecular complexity index is 1840. The van der Waals surface area contributed by atoms with Crippen LogP contribution in [0.5, 0.6) is 5.75 Å². The smallest absolute Gasteiger partial charge is 0.251 e. The number of pyridine rings is 2. The van der Waals surface area contributed by atoms with Crippen molar-refractivity contribution in [2.45, 2.75) is 63.6 Å². The maximum Gasteiger partial charge on any atom is 0.251 e. The molecule has 4 aromatic rings. The van der Waals surface area contributed by atoms with Gasteiger partial charge in [0.2, 0.25) is 5.91 Å². The van der Waals surface area contributed by atoms with Crippen molar-refractivity contribution in [3.05, 3.63) is 87.7 Å². The number of hydrogen-bond donors (Lipinski definition) is 3. The topological polar surface area (TPSA) is 127 Å². The molecule has 0 spiro atoms. The third-order valence-corrected chi connectivity index (χ3v) is 9.05. The average molecular weight is 635 g/mol. The predicted octanol–water partition coefficient (Wildman–Crippen LogP) is 5.87. The van der Waals surface area contributed by atoms with Crippen molar-refractivity contribution in [3.8, 4) is 17.0 Å². The summed E-state index contributed by atoms with van der Waals surface area (Å²) in [6.45, 7) is 4.50. The number of carbonyl (C=O) groups excluding carboxylic acids is 2. The number of nitrogens with one attached hydrogen (secondary N) is 1. The van der Waals surface area contributed by atoms with Crippen LogP contribution in [-0.4, -0.2) is 39.5 Å². The molecule has 2 aromatic carbocycles. The summed E-state index contributed by atoms with van der Waals surface area (Å²) in [5.41, 5.74) is 4.08. The number of rotatable bonds is 10. The monoisotopic (exact) mass is 634 g/mol. The summed E-state index contributed by atoms with van der Waals surface area (Å²) in [6.07, 6.45) is 3.17. The quantitative estimate of drug-likeness (QED) is 0.200. The molecule has 0 bridgehead atoms. The first kappa shape index (κ1) is 30.9. The molecule has 2 amide bonds. The molecule has 2 fully saturated rings. The molecule has 11 heteroatoms. The van der Waals surface area contributed by atoms with E-state index in [4.69, 9.17) is 22.1 Å². The standard InChI is InChI=1S/C34H33ClF2N4O4/c1-17-25(35)13-19-12-20(14-26(29(19)40-17)45-23-10-11-23)31(42)39-16-34(44,21-6-7-21)27-15-24(33(2,3)32(38)43)28(37)30(41-27)18-4-8-22(36)9-5-18/h4-5,8-9,12-15,21,23,44H,6-7,10-11,16H2,1-3H3,(H2,38,43)(H,39,42)/t34-/m1/s1. The van der Waals surface area contributed by atoms with Crippen molar-refractivity contribution in [2.24, 2.45) is 11.7 Å². The summed E-state index contributed by atoms with van der Waals surface area (Å²) >= 11 is 6.34. The Morgan fingerprint density at radius 3 is 2.38 bits per heavy atom. The van der Waals surface area contributed by atoms with E-state index in [-0.39, 0.29) is 46.6 Å². The Morgan fingerprint density at radius 2 is 1.76 bits per heavy atom. The number of hydrogen-bond acceptors (Lipinski definition) is 6. The number of benzene rings is 2. The average Bonchev–Trinajstić information content (AvgIpc) is 3.92. The number of aryl methyl sites for hydroxylation is 1. The summed E-state index contributed by atoms with van der Waals surface area (Å²) in [6, 6.07) is 11.4. The normalized spacial score (nSPS) is 16.3. The van der Waals surface area contributed by atoms with Crippen molar-refractivity contribution in [3.63, 3.8) is 0 Å². The zero-order valence-corrected chi connectivity index (χ0v) is 25.8. The van der Waals surface area contributed by atoms with Crippen LogP contribution in [0, 0.1) is 24.5 Å². The minimum absolute atomic E-state index is 0.0583. The number of nitrogens with zero attached hydrogens (tertiary/aromatic N) is 2. The molecular weight excluding hydrogens is 602 g/mol. The Kier molecular flexibility index (Phi) is 7.77. The Hall–Kier alpha value is -4.15. The zero-order chi connectivity index (χ0) is 32.3. The van der Waals surface area contributed by atoms with Crippen LogP contribution in [0.2, 0.25) is 5.02 Å². The van der Waals surface area contributed by atoms with Gasteiger partial charge in [-0.2, -0.15) is 0 Å². The van der Waals surface area contributed by atoms with E-state index in [1.807, 2.05) is 0 Å². The van der Waals surface area contributed by atoms with Crippen molar-refractivity contribution in [2.75, 3.05) is 6.54 Å². The van der Waals surface area contributed by atoms with Crippen molar-refractivity contribution in [1.29, 1.82) is 0 Å². The van der Waals surface area contributed by atoms with Gasteiger partial charge in [-0.1, -0.05) is 11.6 Å². The third kappa shape index (κ3) is 5.96. The zero-order valence-electron chi connectivity index (χ0n) is 25.1. The fourth-order valence-corrected chi connectivity index (χ4v) is 5.53. The van der Waals surface area contributed by atoms with Crippen molar-refractivity contribution >= 4 is 34.3 Å². The second kappa shape index (κ2) is 11.3. The fourth-order valence-electron chi connectivity index (χ4n) is 5.37. The van der Waals surface area contributed by atoms with Gasteiger partial charge in [-0.25, -0.2) is 18.7 Å². The third-order valence-electron chi connectivity index (χ3n) is 8.67. The van der Waals surface area contributed by atoms with Crippen molar-refractivity contribution in [1.82, 2.24) is 15.3 Å². The highest BCUT2D eigenvalue weighted by Crippen LogP contribution is 2.46. The van der Waals surface area contributed by atoms with Gasteiger partial charge in [0.15, 0.2) is 5.82 Å². The highest BCUT2D eigenvalue weighted by Gasteiger charge is 2.48. The van der Waals surface area contributed by atoms with Gasteiger partial charge in [0, 0.05) is 22.1 Å². The van der Waals surface area contributed by atoms with Crippen LogP contribution < -0.4 is 15.8 Å². The molecule has 0 radical (unpaired) electrons. The molecule has 234 valence electrons. The van der Waals surface area contributed by atoms with Crippen LogP contribution in [-0.2, 0) is 15.8 Å². The molecule has 2 aliphatic carbocycles. The number of halogens is 3. The first-order valence-corrected chi connectivity index (χ1v) is 15.2. The molecular formula is C34H33ClF2N4O4. The van der Waals surface area contributed by atoms with E-state index in [2.05, 4.69) is 15.3 Å². The van der Waals surface area contributed by atoms with E-state index in [0.29, 0.717) is 40.2 Å². The molecule has 2 aromatic heterocycles. The molecule has 2 heterocycles. The number of fused-ring (bicyclic) bond motifs is 1. The van der Waals surface area contributed by atoms with E-state index in [9.17, 15) is 19.1 Å². The Labute approximate surface area is 264 Å². The van der Waals surface area contributed by atoms with E-state index < -0.39 is 34.5 Å². The highest BCUT2D eigenvalue weighted by atomic mass is 35.5. The van der Waals surface area contributed by atoms with Gasteiger partial charge in [0.25, 0.3) is 5.91 Å². The largest absolute Gasteiger partial charge is 0.488 e. The number of aromatic nitrogens is 2. The fraction of sp³-hybridized carbons (Fsp3) is 0.353. The number of carbonyl (C=O) groups is 2. The first-order chi connectivity index (χ1) is 21.3. The number of aliphatic hydroxyl groups is 1. The van der Waals surface area contributed by atoms with Gasteiger partial charge >= 0.3 is 0 Å². The van der Waals surface area contributed by atoms with Crippen LogP contribution in [0.3, 0.4) is 0 Å². The Balaban J connectivity index is 1.38. The number of primary amides is 1. The molecule has 0 unspecified atom stereocenters. The number of nitrogens with two attached hydrogens (primary N) is 1. The van der Waals surface area contributed by atoms with Crippen LogP contribution in [0.1, 0.15) is 66.8 Å². The molecule has 2 aliphatic rings. The van der Waals surface area contributed by atoms with Gasteiger partial charge in [-0.15, -0.1) is 0 Å². The van der Waals surface area contributed by atoms with Gasteiger partial charge in [-0.05, 0) is 101 Å². The second-order valence-corrected chi connectivity index (χ2v) is 12.9. The van der Waals surface area contributed by atoms with E-state index in [1.54, 1.807) is 25.1 Å².